The molecule has 1 saturated heterocycles. The highest BCUT2D eigenvalue weighted by atomic mass is 32.2. The van der Waals surface area contributed by atoms with Crippen LogP contribution in [0.3, 0.4) is 0 Å². The van der Waals surface area contributed by atoms with Crippen LogP contribution in [0.25, 0.3) is 11.3 Å². The van der Waals surface area contributed by atoms with Crippen LogP contribution in [0.5, 0.6) is 5.88 Å². The van der Waals surface area contributed by atoms with Crippen LogP contribution in [0.15, 0.2) is 65.7 Å². The van der Waals surface area contributed by atoms with Crippen LogP contribution in [0.2, 0.25) is 0 Å². The number of aryl methyl sites for hydroxylation is 3. The van der Waals surface area contributed by atoms with Gasteiger partial charge in [0.15, 0.2) is 0 Å². The average Bonchev–Trinajstić information content (AvgIpc) is 3.05. The smallest absolute Gasteiger partial charge is 0.264 e. The molecule has 49 heavy (non-hydrogen) atoms. The van der Waals surface area contributed by atoms with Crippen molar-refractivity contribution in [1.82, 2.24) is 19.9 Å². The summed E-state index contributed by atoms with van der Waals surface area (Å²) in [4.78, 5) is 30.1. The van der Waals surface area contributed by atoms with Crippen LogP contribution in [0.4, 0.5) is 5.95 Å². The molecule has 2 atom stereocenters. The van der Waals surface area contributed by atoms with Crippen LogP contribution in [-0.4, -0.2) is 66.6 Å². The quantitative estimate of drug-likeness (QED) is 0.261. The van der Waals surface area contributed by atoms with Gasteiger partial charge in [0.05, 0.1) is 48.7 Å². The molecule has 1 N–H and O–H groups in total. The second-order valence-electron chi connectivity index (χ2n) is 13.9. The standard InChI is InChI=1S/C37H43N5O6S/c1-23-9-7-10-24(2)34(23)30-17-33-40-36(39-30)41-49(44,45)29-12-8-11-26(16-29)35(43)42(28(21-48-33)18-37(4,5)6)20-31-25(3)15-27(19-38-31)32-22-46-13-14-47-32/h7-12,15-17,19,28,32H,13-14,18,20-22H2,1-6H3,(H,39,40,41)/t28-,32?/m1/s1. The van der Waals surface area contributed by atoms with Gasteiger partial charge < -0.3 is 19.1 Å². The zero-order chi connectivity index (χ0) is 34.9. The molecule has 12 heteroatoms. The first kappa shape index (κ1) is 34.5. The number of rotatable bonds is 5. The summed E-state index contributed by atoms with van der Waals surface area (Å²) in [6.45, 7) is 14.1. The van der Waals surface area contributed by atoms with E-state index in [1.165, 1.54) is 12.1 Å². The van der Waals surface area contributed by atoms with E-state index in [1.54, 1.807) is 29.3 Å². The van der Waals surface area contributed by atoms with Crippen LogP contribution < -0.4 is 9.46 Å². The van der Waals surface area contributed by atoms with Gasteiger partial charge in [-0.3, -0.25) is 9.78 Å². The lowest BCUT2D eigenvalue weighted by atomic mass is 9.87. The third kappa shape index (κ3) is 7.92. The Kier molecular flexibility index (Phi) is 9.74. The lowest BCUT2D eigenvalue weighted by Crippen LogP contribution is -2.45. The molecular weight excluding hydrogens is 643 g/mol. The van der Waals surface area contributed by atoms with E-state index in [0.717, 1.165) is 27.8 Å². The van der Waals surface area contributed by atoms with Crippen molar-refractivity contribution >= 4 is 21.9 Å². The normalized spacial score (nSPS) is 19.6. The predicted octanol–water partition coefficient (Wildman–Crippen LogP) is 6.19. The summed E-state index contributed by atoms with van der Waals surface area (Å²) >= 11 is 0. The first-order valence-corrected chi connectivity index (χ1v) is 17.9. The molecule has 1 unspecified atom stereocenters. The van der Waals surface area contributed by atoms with Crippen LogP contribution >= 0.6 is 0 Å². The monoisotopic (exact) mass is 685 g/mol. The van der Waals surface area contributed by atoms with E-state index in [-0.39, 0.29) is 52.9 Å². The fraction of sp³-hybridized carbons (Fsp3) is 0.405. The number of carbonyl (C=O) groups is 1. The largest absolute Gasteiger partial charge is 0.475 e. The number of anilines is 1. The molecular formula is C37H43N5O6S. The maximum absolute atomic E-state index is 14.5. The minimum atomic E-state index is -4.18. The minimum absolute atomic E-state index is 0.0816. The van der Waals surface area contributed by atoms with Crippen molar-refractivity contribution in [2.24, 2.45) is 5.41 Å². The van der Waals surface area contributed by atoms with E-state index >= 15 is 0 Å². The Hall–Kier alpha value is -4.39. The van der Waals surface area contributed by atoms with E-state index in [1.807, 2.05) is 45.0 Å². The Morgan fingerprint density at radius 1 is 0.939 bits per heavy atom. The van der Waals surface area contributed by atoms with Crippen molar-refractivity contribution in [2.45, 2.75) is 71.5 Å². The first-order chi connectivity index (χ1) is 23.3. The number of benzene rings is 2. The number of carbonyl (C=O) groups excluding carboxylic acids is 1. The number of amides is 1. The number of pyridine rings is 1. The van der Waals surface area contributed by atoms with Gasteiger partial charge in [0.25, 0.3) is 15.9 Å². The highest BCUT2D eigenvalue weighted by molar-refractivity contribution is 7.92. The molecule has 2 aromatic heterocycles. The molecule has 0 radical (unpaired) electrons. The van der Waals surface area contributed by atoms with Crippen molar-refractivity contribution in [2.75, 3.05) is 31.1 Å². The fourth-order valence-electron chi connectivity index (χ4n) is 6.35. The minimum Gasteiger partial charge on any atom is -0.475 e. The lowest BCUT2D eigenvalue weighted by molar-refractivity contribution is -0.0902. The SMILES string of the molecule is Cc1cc(C2COCCO2)cnc1CN1C(=O)c2cccc(c2)S(=O)(=O)Nc2nc(cc(-c3c(C)cccc3C)n2)OC[C@H]1CC(C)(C)C. The van der Waals surface area contributed by atoms with Gasteiger partial charge >= 0.3 is 0 Å². The summed E-state index contributed by atoms with van der Waals surface area (Å²) in [5.74, 6) is -0.268. The third-order valence-corrected chi connectivity index (χ3v) is 10.1. The molecule has 2 aliphatic rings. The average molecular weight is 686 g/mol. The number of nitrogens with zero attached hydrogens (tertiary/aromatic N) is 4. The Bertz CT molecular complexity index is 1950. The molecule has 6 rings (SSSR count). The van der Waals surface area contributed by atoms with E-state index < -0.39 is 16.1 Å². The molecule has 1 fully saturated rings. The van der Waals surface area contributed by atoms with Gasteiger partial charge in [0.1, 0.15) is 12.7 Å². The number of hydrogen-bond donors (Lipinski definition) is 1. The first-order valence-electron chi connectivity index (χ1n) is 16.4. The molecule has 2 aromatic carbocycles. The van der Waals surface area contributed by atoms with Gasteiger partial charge in [-0.2, -0.15) is 4.98 Å². The molecule has 4 heterocycles. The number of nitrogens with one attached hydrogen (secondary N) is 1. The van der Waals surface area contributed by atoms with Crippen LogP contribution in [-0.2, 0) is 26.0 Å². The Morgan fingerprint density at radius 3 is 2.39 bits per heavy atom. The van der Waals surface area contributed by atoms with Gasteiger partial charge in [-0.1, -0.05) is 45.0 Å². The topological polar surface area (TPSA) is 133 Å². The lowest BCUT2D eigenvalue weighted by Gasteiger charge is -2.36. The van der Waals surface area contributed by atoms with Crippen molar-refractivity contribution in [1.29, 1.82) is 0 Å². The fourth-order valence-corrected chi connectivity index (χ4v) is 7.34. The second kappa shape index (κ2) is 13.9. The van der Waals surface area contributed by atoms with Crippen molar-refractivity contribution in [3.05, 3.63) is 94.3 Å². The Labute approximate surface area is 288 Å². The third-order valence-electron chi connectivity index (χ3n) is 8.75. The van der Waals surface area contributed by atoms with Gasteiger partial charge in [0.2, 0.25) is 11.8 Å². The Balaban J connectivity index is 1.45. The number of fused-ring (bicyclic) bond motifs is 4. The number of aromatic nitrogens is 3. The maximum atomic E-state index is 14.5. The van der Waals surface area contributed by atoms with E-state index in [9.17, 15) is 13.2 Å². The molecule has 11 nitrogen and oxygen atoms in total. The highest BCUT2D eigenvalue weighted by Crippen LogP contribution is 2.32. The van der Waals surface area contributed by atoms with E-state index in [4.69, 9.17) is 19.2 Å². The van der Waals surface area contributed by atoms with E-state index in [0.29, 0.717) is 37.6 Å². The molecule has 1 amide bonds. The van der Waals surface area contributed by atoms with Crippen LogP contribution in [0.1, 0.15) is 71.6 Å². The summed E-state index contributed by atoms with van der Waals surface area (Å²) in [7, 11) is -4.18. The summed E-state index contributed by atoms with van der Waals surface area (Å²) in [6, 6.07) is 15.3. The van der Waals surface area contributed by atoms with Crippen molar-refractivity contribution < 1.29 is 27.4 Å². The number of ether oxygens (including phenoxy) is 3. The summed E-state index contributed by atoms with van der Waals surface area (Å²) in [6.07, 6.45) is 2.16. The molecule has 0 saturated carbocycles. The molecule has 0 aliphatic carbocycles. The predicted molar refractivity (Wildman–Crippen MR) is 186 cm³/mol. The van der Waals surface area contributed by atoms with E-state index in [2.05, 4.69) is 35.5 Å². The van der Waals surface area contributed by atoms with Crippen molar-refractivity contribution in [3.63, 3.8) is 0 Å². The van der Waals surface area contributed by atoms with Gasteiger partial charge in [0, 0.05) is 29.0 Å². The zero-order valence-corrected chi connectivity index (χ0v) is 29.6. The molecule has 4 bridgehead atoms. The summed E-state index contributed by atoms with van der Waals surface area (Å²) < 4.78 is 47.8. The second-order valence-corrected chi connectivity index (χ2v) is 15.6. The number of sulfonamides is 1. The maximum Gasteiger partial charge on any atom is 0.264 e. The molecule has 0 spiro atoms. The highest BCUT2D eigenvalue weighted by Gasteiger charge is 2.32. The van der Waals surface area contributed by atoms with Gasteiger partial charge in [-0.15, -0.1) is 0 Å². The molecule has 2 aliphatic heterocycles. The number of hydrogen-bond acceptors (Lipinski definition) is 9. The zero-order valence-electron chi connectivity index (χ0n) is 28.8. The van der Waals surface area contributed by atoms with Crippen molar-refractivity contribution in [3.8, 4) is 17.1 Å². The Morgan fingerprint density at radius 2 is 1.69 bits per heavy atom. The molecule has 258 valence electrons. The van der Waals surface area contributed by atoms with Crippen LogP contribution in [0, 0.1) is 26.2 Å². The summed E-state index contributed by atoms with van der Waals surface area (Å²) in [5, 5.41) is 0. The van der Waals surface area contributed by atoms with Gasteiger partial charge in [-0.25, -0.2) is 18.1 Å². The molecule has 4 aromatic rings. The van der Waals surface area contributed by atoms with Gasteiger partial charge in [-0.05, 0) is 73.6 Å². The summed E-state index contributed by atoms with van der Waals surface area (Å²) in [5.41, 5.74) is 5.89.